The van der Waals surface area contributed by atoms with Gasteiger partial charge in [-0.05, 0) is 73.1 Å². The third-order valence-corrected chi connectivity index (χ3v) is 8.54. The van der Waals surface area contributed by atoms with Crippen LogP contribution in [0.3, 0.4) is 0 Å². The van der Waals surface area contributed by atoms with Gasteiger partial charge in [-0.2, -0.15) is 0 Å². The minimum Gasteiger partial charge on any atom is -0.496 e. The lowest BCUT2D eigenvalue weighted by Gasteiger charge is -2.49. The number of ether oxygens (including phenoxy) is 2. The smallest absolute Gasteiger partial charge is 0.338 e. The van der Waals surface area contributed by atoms with Gasteiger partial charge in [-0.15, -0.1) is 0 Å². The van der Waals surface area contributed by atoms with Gasteiger partial charge in [0.25, 0.3) is 0 Å². The highest BCUT2D eigenvalue weighted by atomic mass is 79.9. The SMILES string of the molecule is CCOC(=O)c1ccc(N2C3=C(C(=O)CC(C)(C)C3)C(c3cc(Br)ccc3OC)C3=C2CC(C)(C)CC3=O)cc1. The summed E-state index contributed by atoms with van der Waals surface area (Å²) in [6, 6.07) is 13.0. The molecule has 5 rings (SSSR count). The number of carbonyl (C=O) groups excluding carboxylic acids is 3. The maximum absolute atomic E-state index is 14.1. The fourth-order valence-electron chi connectivity index (χ4n) is 6.48. The van der Waals surface area contributed by atoms with E-state index >= 15 is 0 Å². The summed E-state index contributed by atoms with van der Waals surface area (Å²) >= 11 is 3.61. The maximum atomic E-state index is 14.1. The van der Waals surface area contributed by atoms with Crippen molar-refractivity contribution in [3.05, 3.63) is 80.6 Å². The fraction of sp³-hybridized carbons (Fsp3) is 0.424. The van der Waals surface area contributed by atoms with Gasteiger partial charge in [0.2, 0.25) is 0 Å². The van der Waals surface area contributed by atoms with Crippen LogP contribution in [0.1, 0.15) is 82.1 Å². The number of carbonyl (C=O) groups is 3. The molecule has 0 unspecified atom stereocenters. The van der Waals surface area contributed by atoms with Crippen LogP contribution in [0, 0.1) is 10.8 Å². The molecule has 0 aromatic heterocycles. The first-order chi connectivity index (χ1) is 18.9. The van der Waals surface area contributed by atoms with Gasteiger partial charge in [0, 0.05) is 57.0 Å². The molecule has 6 nitrogen and oxygen atoms in total. The lowest BCUT2D eigenvalue weighted by atomic mass is 9.63. The summed E-state index contributed by atoms with van der Waals surface area (Å²) in [7, 11) is 1.62. The predicted octanol–water partition coefficient (Wildman–Crippen LogP) is 7.52. The minimum atomic E-state index is -0.514. The fourth-order valence-corrected chi connectivity index (χ4v) is 6.86. The lowest BCUT2D eigenvalue weighted by molar-refractivity contribution is -0.119. The largest absolute Gasteiger partial charge is 0.496 e. The molecule has 0 fully saturated rings. The molecule has 0 bridgehead atoms. The summed E-state index contributed by atoms with van der Waals surface area (Å²) in [5.74, 6) is -0.141. The summed E-state index contributed by atoms with van der Waals surface area (Å²) < 4.78 is 11.8. The van der Waals surface area contributed by atoms with E-state index in [0.29, 0.717) is 54.7 Å². The molecule has 1 heterocycles. The van der Waals surface area contributed by atoms with Gasteiger partial charge < -0.3 is 14.4 Å². The van der Waals surface area contributed by atoms with Crippen LogP contribution in [0.25, 0.3) is 0 Å². The number of allylic oxidation sites excluding steroid dienone is 4. The molecule has 2 aromatic rings. The second kappa shape index (κ2) is 10.3. The second-order valence-electron chi connectivity index (χ2n) is 12.5. The van der Waals surface area contributed by atoms with Gasteiger partial charge in [-0.3, -0.25) is 9.59 Å². The van der Waals surface area contributed by atoms with Crippen LogP contribution in [0.4, 0.5) is 5.69 Å². The van der Waals surface area contributed by atoms with E-state index in [1.54, 1.807) is 26.2 Å². The molecule has 0 atom stereocenters. The highest BCUT2D eigenvalue weighted by molar-refractivity contribution is 9.10. The summed E-state index contributed by atoms with van der Waals surface area (Å²) in [6.45, 7) is 10.5. The number of hydrogen-bond donors (Lipinski definition) is 0. The Kier molecular flexibility index (Phi) is 7.32. The van der Waals surface area contributed by atoms with Crippen LogP contribution in [0.15, 0.2) is 69.5 Å². The standard InChI is InChI=1S/C33H36BrNO5/c1-7-40-31(38)19-8-11-21(12-9-19)35-23-15-32(2,3)17-25(36)29(23)28(22-14-20(34)10-13-27(22)39-6)30-24(35)16-33(4,5)18-26(30)37/h8-14,28H,7,15-18H2,1-6H3. The van der Waals surface area contributed by atoms with Crippen molar-refractivity contribution in [2.24, 2.45) is 10.8 Å². The molecular formula is C33H36BrNO5. The number of anilines is 1. The van der Waals surface area contributed by atoms with Gasteiger partial charge >= 0.3 is 5.97 Å². The van der Waals surface area contributed by atoms with Crippen molar-refractivity contribution in [3.63, 3.8) is 0 Å². The third-order valence-electron chi connectivity index (χ3n) is 8.05. The van der Waals surface area contributed by atoms with Crippen molar-refractivity contribution < 1.29 is 23.9 Å². The lowest BCUT2D eigenvalue weighted by Crippen LogP contribution is -2.44. The number of esters is 1. The minimum absolute atomic E-state index is 0.0515. The molecule has 40 heavy (non-hydrogen) atoms. The number of benzene rings is 2. The Labute approximate surface area is 244 Å². The maximum Gasteiger partial charge on any atom is 0.338 e. The molecular weight excluding hydrogens is 570 g/mol. The molecule has 1 aliphatic heterocycles. The van der Waals surface area contributed by atoms with Gasteiger partial charge in [-0.25, -0.2) is 4.79 Å². The molecule has 2 aromatic carbocycles. The zero-order valence-electron chi connectivity index (χ0n) is 24.0. The Hall–Kier alpha value is -3.19. The van der Waals surface area contributed by atoms with E-state index in [2.05, 4.69) is 48.5 Å². The van der Waals surface area contributed by atoms with Crippen molar-refractivity contribution in [1.29, 1.82) is 0 Å². The van der Waals surface area contributed by atoms with Crippen molar-refractivity contribution in [2.75, 3.05) is 18.6 Å². The normalized spacial score (nSPS) is 20.3. The number of halogens is 1. The summed E-state index contributed by atoms with van der Waals surface area (Å²) in [6.07, 6.45) is 2.14. The number of rotatable bonds is 5. The van der Waals surface area contributed by atoms with Gasteiger partial charge in [0.1, 0.15) is 5.75 Å². The van der Waals surface area contributed by atoms with Gasteiger partial charge in [-0.1, -0.05) is 43.6 Å². The Morgan fingerprint density at radius 3 is 1.95 bits per heavy atom. The number of ketones is 2. The van der Waals surface area contributed by atoms with E-state index in [1.807, 2.05) is 30.3 Å². The molecule has 0 amide bonds. The van der Waals surface area contributed by atoms with E-state index < -0.39 is 5.92 Å². The van der Waals surface area contributed by atoms with Gasteiger partial charge in [0.15, 0.2) is 11.6 Å². The molecule has 2 aliphatic carbocycles. The summed E-state index contributed by atoms with van der Waals surface area (Å²) in [5, 5.41) is 0. The highest BCUT2D eigenvalue weighted by Gasteiger charge is 2.50. The van der Waals surface area contributed by atoms with Crippen molar-refractivity contribution in [1.82, 2.24) is 0 Å². The average molecular weight is 607 g/mol. The first kappa shape index (κ1) is 28.3. The molecule has 0 saturated carbocycles. The molecule has 0 radical (unpaired) electrons. The zero-order chi connectivity index (χ0) is 29.0. The molecule has 0 N–H and O–H groups in total. The topological polar surface area (TPSA) is 72.9 Å². The third kappa shape index (κ3) is 5.05. The predicted molar refractivity (Wildman–Crippen MR) is 158 cm³/mol. The van der Waals surface area contributed by atoms with Crippen LogP contribution in [-0.4, -0.2) is 31.3 Å². The molecule has 7 heteroatoms. The number of hydrogen-bond acceptors (Lipinski definition) is 6. The van der Waals surface area contributed by atoms with E-state index in [9.17, 15) is 14.4 Å². The van der Waals surface area contributed by atoms with Crippen LogP contribution >= 0.6 is 15.9 Å². The average Bonchev–Trinajstić information content (AvgIpc) is 2.86. The monoisotopic (exact) mass is 605 g/mol. The quantitative estimate of drug-likeness (QED) is 0.328. The molecule has 3 aliphatic rings. The van der Waals surface area contributed by atoms with Crippen LogP contribution in [-0.2, 0) is 14.3 Å². The van der Waals surface area contributed by atoms with Crippen LogP contribution in [0.5, 0.6) is 5.75 Å². The summed E-state index contributed by atoms with van der Waals surface area (Å²) in [5.41, 5.74) is 4.76. The van der Waals surface area contributed by atoms with Crippen molar-refractivity contribution in [2.45, 2.75) is 66.2 Å². The van der Waals surface area contributed by atoms with E-state index in [4.69, 9.17) is 9.47 Å². The van der Waals surface area contributed by atoms with Crippen molar-refractivity contribution in [3.8, 4) is 5.75 Å². The second-order valence-corrected chi connectivity index (χ2v) is 13.4. The van der Waals surface area contributed by atoms with Crippen molar-refractivity contribution >= 4 is 39.2 Å². The van der Waals surface area contributed by atoms with Crippen LogP contribution in [0.2, 0.25) is 0 Å². The number of Topliss-reactive ketones (excluding diaryl/α,β-unsaturated/α-hetero) is 2. The molecule has 210 valence electrons. The molecule has 0 spiro atoms. The Morgan fingerprint density at radius 2 is 1.45 bits per heavy atom. The number of methoxy groups -OCH3 is 1. The zero-order valence-corrected chi connectivity index (χ0v) is 25.6. The van der Waals surface area contributed by atoms with Gasteiger partial charge in [0.05, 0.1) is 19.3 Å². The molecule has 0 saturated heterocycles. The summed E-state index contributed by atoms with van der Waals surface area (Å²) in [4.78, 5) is 42.7. The first-order valence-electron chi connectivity index (χ1n) is 13.8. The first-order valence-corrected chi connectivity index (χ1v) is 14.6. The van der Waals surface area contributed by atoms with Crippen LogP contribution < -0.4 is 9.64 Å². The Morgan fingerprint density at radius 1 is 0.900 bits per heavy atom. The van der Waals surface area contributed by atoms with E-state index in [-0.39, 0.29) is 28.4 Å². The highest BCUT2D eigenvalue weighted by Crippen LogP contribution is 2.56. The Balaban J connectivity index is 1.80. The van der Waals surface area contributed by atoms with E-state index in [0.717, 1.165) is 27.1 Å². The number of nitrogens with zero attached hydrogens (tertiary/aromatic N) is 1. The Bertz CT molecular complexity index is 1410. The van der Waals surface area contributed by atoms with E-state index in [1.165, 1.54) is 0 Å².